The van der Waals surface area contributed by atoms with Crippen molar-refractivity contribution in [2.45, 2.75) is 25.8 Å². The van der Waals surface area contributed by atoms with Crippen molar-refractivity contribution < 1.29 is 0 Å². The highest BCUT2D eigenvalue weighted by Gasteiger charge is 2.21. The Bertz CT molecular complexity index is 633. The minimum atomic E-state index is 0.418. The van der Waals surface area contributed by atoms with Crippen LogP contribution in [0.1, 0.15) is 18.4 Å². The molecule has 0 atom stereocenters. The van der Waals surface area contributed by atoms with E-state index in [4.69, 9.17) is 0 Å². The summed E-state index contributed by atoms with van der Waals surface area (Å²) in [7, 11) is 3.89. The molecule has 0 radical (unpaired) electrons. The molecule has 122 valence electrons. The van der Waals surface area contributed by atoms with E-state index in [9.17, 15) is 0 Å². The predicted molar refractivity (Wildman–Crippen MR) is 92.0 cm³/mol. The molecule has 1 fully saturated rings. The van der Waals surface area contributed by atoms with Crippen LogP contribution in [0, 0.1) is 6.92 Å². The van der Waals surface area contributed by atoms with Gasteiger partial charge in [0.1, 0.15) is 5.82 Å². The fraction of sp³-hybridized carbons (Fsp3) is 0.500. The molecule has 7 heteroatoms. The highest BCUT2D eigenvalue weighted by atomic mass is 15.3. The van der Waals surface area contributed by atoms with Crippen molar-refractivity contribution in [2.24, 2.45) is 0 Å². The summed E-state index contributed by atoms with van der Waals surface area (Å²) in [6, 6.07) is 2.34. The molecule has 23 heavy (non-hydrogen) atoms. The number of aromatic nitrogens is 4. The standard InChI is InChI=1S/C16H23N7/c1-12-10-18-15(19-11-12)23-8-5-13(6-9-23)20-14-4-7-17-16(21-14)22(2)3/h4,7,10-11,13H,5-6,8-9H2,1-3H3,(H,17,20,21). The Morgan fingerprint density at radius 3 is 2.48 bits per heavy atom. The van der Waals surface area contributed by atoms with Crippen molar-refractivity contribution in [1.29, 1.82) is 0 Å². The topological polar surface area (TPSA) is 70.1 Å². The number of nitrogens with zero attached hydrogens (tertiary/aromatic N) is 6. The number of hydrogen-bond acceptors (Lipinski definition) is 7. The molecule has 0 spiro atoms. The number of aryl methyl sites for hydroxylation is 1. The molecule has 3 rings (SSSR count). The van der Waals surface area contributed by atoms with E-state index >= 15 is 0 Å². The molecule has 1 N–H and O–H groups in total. The maximum absolute atomic E-state index is 4.52. The minimum Gasteiger partial charge on any atom is -0.367 e. The zero-order valence-electron chi connectivity index (χ0n) is 13.9. The van der Waals surface area contributed by atoms with Gasteiger partial charge in [-0.25, -0.2) is 15.0 Å². The summed E-state index contributed by atoms with van der Waals surface area (Å²) in [6.45, 7) is 3.91. The summed E-state index contributed by atoms with van der Waals surface area (Å²) < 4.78 is 0. The van der Waals surface area contributed by atoms with Crippen molar-refractivity contribution in [3.05, 3.63) is 30.2 Å². The molecule has 0 aromatic carbocycles. The Balaban J connectivity index is 1.57. The van der Waals surface area contributed by atoms with E-state index in [1.807, 2.05) is 44.4 Å². The lowest BCUT2D eigenvalue weighted by Crippen LogP contribution is -2.40. The summed E-state index contributed by atoms with van der Waals surface area (Å²) in [6.07, 6.45) is 7.61. The van der Waals surface area contributed by atoms with Gasteiger partial charge in [0.25, 0.3) is 0 Å². The molecule has 1 aliphatic rings. The van der Waals surface area contributed by atoms with E-state index in [-0.39, 0.29) is 0 Å². The molecule has 0 saturated carbocycles. The first-order valence-electron chi connectivity index (χ1n) is 7.92. The number of anilines is 3. The molecule has 0 bridgehead atoms. The maximum atomic E-state index is 4.52. The van der Waals surface area contributed by atoms with Crippen molar-refractivity contribution in [3.63, 3.8) is 0 Å². The van der Waals surface area contributed by atoms with E-state index in [2.05, 4.69) is 30.2 Å². The maximum Gasteiger partial charge on any atom is 0.226 e. The summed E-state index contributed by atoms with van der Waals surface area (Å²) >= 11 is 0. The van der Waals surface area contributed by atoms with Crippen LogP contribution in [0.15, 0.2) is 24.7 Å². The highest BCUT2D eigenvalue weighted by Crippen LogP contribution is 2.19. The minimum absolute atomic E-state index is 0.418. The van der Waals surface area contributed by atoms with Crippen LogP contribution in [0.3, 0.4) is 0 Å². The Labute approximate surface area is 136 Å². The van der Waals surface area contributed by atoms with Gasteiger partial charge in [-0.1, -0.05) is 0 Å². The smallest absolute Gasteiger partial charge is 0.226 e. The van der Waals surface area contributed by atoms with Gasteiger partial charge >= 0.3 is 0 Å². The van der Waals surface area contributed by atoms with Crippen molar-refractivity contribution >= 4 is 17.7 Å². The van der Waals surface area contributed by atoms with Crippen LogP contribution in [0.25, 0.3) is 0 Å². The lowest BCUT2D eigenvalue weighted by atomic mass is 10.1. The monoisotopic (exact) mass is 313 g/mol. The number of rotatable bonds is 4. The van der Waals surface area contributed by atoms with Crippen LogP contribution in [0.4, 0.5) is 17.7 Å². The highest BCUT2D eigenvalue weighted by molar-refractivity contribution is 5.41. The van der Waals surface area contributed by atoms with Crippen LogP contribution in [0.2, 0.25) is 0 Å². The van der Waals surface area contributed by atoms with Gasteiger partial charge in [0, 0.05) is 51.8 Å². The second-order valence-corrected chi connectivity index (χ2v) is 6.10. The molecule has 1 saturated heterocycles. The second-order valence-electron chi connectivity index (χ2n) is 6.10. The first-order valence-corrected chi connectivity index (χ1v) is 7.92. The molecule has 0 aliphatic carbocycles. The molecule has 2 aromatic heterocycles. The lowest BCUT2D eigenvalue weighted by Gasteiger charge is -2.32. The second kappa shape index (κ2) is 6.76. The first kappa shape index (κ1) is 15.5. The zero-order chi connectivity index (χ0) is 16.2. The Morgan fingerprint density at radius 2 is 1.83 bits per heavy atom. The quantitative estimate of drug-likeness (QED) is 0.921. The van der Waals surface area contributed by atoms with Crippen molar-refractivity contribution in [1.82, 2.24) is 19.9 Å². The van der Waals surface area contributed by atoms with E-state index < -0.39 is 0 Å². The number of nitrogens with one attached hydrogen (secondary N) is 1. The average Bonchev–Trinajstić information content (AvgIpc) is 2.57. The molecular weight excluding hydrogens is 290 g/mol. The summed E-state index contributed by atoms with van der Waals surface area (Å²) in [4.78, 5) is 21.7. The first-order chi connectivity index (χ1) is 11.1. The van der Waals surface area contributed by atoms with Gasteiger partial charge in [0.05, 0.1) is 0 Å². The fourth-order valence-corrected chi connectivity index (χ4v) is 2.63. The third kappa shape index (κ3) is 3.85. The molecule has 2 aromatic rings. The van der Waals surface area contributed by atoms with Crippen LogP contribution in [0.5, 0.6) is 0 Å². The SMILES string of the molecule is Cc1cnc(N2CCC(Nc3ccnc(N(C)C)n3)CC2)nc1. The van der Waals surface area contributed by atoms with Crippen LogP contribution < -0.4 is 15.1 Å². The summed E-state index contributed by atoms with van der Waals surface area (Å²) in [5.41, 5.74) is 1.09. The number of piperidine rings is 1. The van der Waals surface area contributed by atoms with Crippen LogP contribution in [-0.2, 0) is 0 Å². The predicted octanol–water partition coefficient (Wildman–Crippen LogP) is 1.72. The zero-order valence-corrected chi connectivity index (χ0v) is 13.9. The summed E-state index contributed by atoms with van der Waals surface area (Å²) in [5, 5.41) is 3.51. The molecule has 1 aliphatic heterocycles. The Morgan fingerprint density at radius 1 is 1.13 bits per heavy atom. The van der Waals surface area contributed by atoms with Crippen molar-refractivity contribution in [2.75, 3.05) is 42.3 Å². The Hall–Kier alpha value is -2.44. The van der Waals surface area contributed by atoms with Crippen LogP contribution in [-0.4, -0.2) is 53.2 Å². The van der Waals surface area contributed by atoms with Gasteiger partial charge in [-0.15, -0.1) is 0 Å². The molecular formula is C16H23N7. The van der Waals surface area contributed by atoms with Gasteiger partial charge in [0.15, 0.2) is 0 Å². The number of hydrogen-bond donors (Lipinski definition) is 1. The molecule has 3 heterocycles. The van der Waals surface area contributed by atoms with Gasteiger partial charge in [-0.3, -0.25) is 0 Å². The van der Waals surface area contributed by atoms with E-state index in [0.29, 0.717) is 6.04 Å². The molecule has 7 nitrogen and oxygen atoms in total. The fourth-order valence-electron chi connectivity index (χ4n) is 2.63. The van der Waals surface area contributed by atoms with Gasteiger partial charge < -0.3 is 15.1 Å². The third-order valence-electron chi connectivity index (χ3n) is 3.94. The van der Waals surface area contributed by atoms with E-state index in [1.165, 1.54) is 0 Å². The van der Waals surface area contributed by atoms with Gasteiger partial charge in [-0.2, -0.15) is 4.98 Å². The lowest BCUT2D eigenvalue weighted by molar-refractivity contribution is 0.518. The third-order valence-corrected chi connectivity index (χ3v) is 3.94. The van der Waals surface area contributed by atoms with Gasteiger partial charge in [0.2, 0.25) is 11.9 Å². The summed E-state index contributed by atoms with van der Waals surface area (Å²) in [5.74, 6) is 2.43. The van der Waals surface area contributed by atoms with E-state index in [1.54, 1.807) is 6.20 Å². The van der Waals surface area contributed by atoms with Crippen molar-refractivity contribution in [3.8, 4) is 0 Å². The van der Waals surface area contributed by atoms with E-state index in [0.717, 1.165) is 49.2 Å². The molecule has 0 amide bonds. The largest absolute Gasteiger partial charge is 0.367 e. The molecule has 0 unspecified atom stereocenters. The normalized spacial score (nSPS) is 15.5. The van der Waals surface area contributed by atoms with Crippen LogP contribution >= 0.6 is 0 Å². The average molecular weight is 313 g/mol. The Kier molecular flexibility index (Phi) is 4.55. The van der Waals surface area contributed by atoms with Gasteiger partial charge in [-0.05, 0) is 31.4 Å².